The molecule has 5 aromatic rings. The van der Waals surface area contributed by atoms with Crippen LogP contribution < -0.4 is 20.3 Å². The maximum absolute atomic E-state index is 13.4. The van der Waals surface area contributed by atoms with Crippen LogP contribution in [0.25, 0.3) is 16.7 Å². The number of aromatic nitrogens is 6. The summed E-state index contributed by atoms with van der Waals surface area (Å²) in [5.41, 5.74) is 3.36. The molecule has 0 aliphatic heterocycles. The molecule has 0 radical (unpaired) electrons. The van der Waals surface area contributed by atoms with E-state index in [1.807, 2.05) is 48.3 Å². The molecule has 5 aromatic heterocycles. The highest BCUT2D eigenvalue weighted by molar-refractivity contribution is 5.85. The minimum atomic E-state index is -0.344. The van der Waals surface area contributed by atoms with Gasteiger partial charge in [-0.1, -0.05) is 6.07 Å². The standard InChI is InChI=1S/C27H27N7O4/c1-32-23-24(37-2)22(38-21-13-29-34-8-4-3-5-20(21)34)12-28-25(23)31-27(32)30-19-9-16(15-6-7-15)14-33(26(19)36)17-10-18(35)11-17/h3-5,8-9,12-15,17-18,35H,6-7,10-11H2,1-2H3,(H,28,30,31). The zero-order chi connectivity index (χ0) is 26.0. The number of rotatable bonds is 7. The minimum Gasteiger partial charge on any atom is -0.491 e. The summed E-state index contributed by atoms with van der Waals surface area (Å²) in [6, 6.07) is 7.67. The molecule has 194 valence electrons. The van der Waals surface area contributed by atoms with Crippen LogP contribution in [0, 0.1) is 0 Å². The molecule has 0 unspecified atom stereocenters. The van der Waals surface area contributed by atoms with Crippen LogP contribution in [0.4, 0.5) is 11.6 Å². The number of nitrogens with zero attached hydrogens (tertiary/aromatic N) is 6. The summed E-state index contributed by atoms with van der Waals surface area (Å²) >= 11 is 0. The Hall–Kier alpha value is -4.38. The average molecular weight is 514 g/mol. The van der Waals surface area contributed by atoms with Gasteiger partial charge in [0, 0.05) is 25.5 Å². The first-order chi connectivity index (χ1) is 18.5. The molecular weight excluding hydrogens is 486 g/mol. The van der Waals surface area contributed by atoms with E-state index >= 15 is 0 Å². The number of nitrogens with one attached hydrogen (secondary N) is 1. The van der Waals surface area contributed by atoms with Gasteiger partial charge < -0.3 is 29.0 Å². The quantitative estimate of drug-likeness (QED) is 0.336. The van der Waals surface area contributed by atoms with Gasteiger partial charge in [-0.2, -0.15) is 10.1 Å². The molecule has 0 bridgehead atoms. The summed E-state index contributed by atoms with van der Waals surface area (Å²) in [5, 5.41) is 17.4. The molecule has 2 fully saturated rings. The smallest absolute Gasteiger partial charge is 0.274 e. The van der Waals surface area contributed by atoms with Crippen LogP contribution >= 0.6 is 0 Å². The Bertz CT molecular complexity index is 1740. The number of pyridine rings is 3. The summed E-state index contributed by atoms with van der Waals surface area (Å²) < 4.78 is 17.2. The highest BCUT2D eigenvalue weighted by Crippen LogP contribution is 2.42. The Morgan fingerprint density at radius 3 is 2.76 bits per heavy atom. The first kappa shape index (κ1) is 22.8. The predicted molar refractivity (Wildman–Crippen MR) is 141 cm³/mol. The van der Waals surface area contributed by atoms with E-state index < -0.39 is 0 Å². The Morgan fingerprint density at radius 1 is 1.16 bits per heavy atom. The van der Waals surface area contributed by atoms with Crippen molar-refractivity contribution in [3.05, 3.63) is 65.0 Å². The van der Waals surface area contributed by atoms with Crippen LogP contribution in [0.3, 0.4) is 0 Å². The van der Waals surface area contributed by atoms with Crippen molar-refractivity contribution in [1.29, 1.82) is 0 Å². The predicted octanol–water partition coefficient (Wildman–Crippen LogP) is 3.90. The number of anilines is 2. The Morgan fingerprint density at radius 2 is 2.00 bits per heavy atom. The molecule has 0 aromatic carbocycles. The second-order valence-corrected chi connectivity index (χ2v) is 10.0. The summed E-state index contributed by atoms with van der Waals surface area (Å²) in [6.07, 6.45) is 10.1. The monoisotopic (exact) mass is 513 g/mol. The van der Waals surface area contributed by atoms with E-state index in [9.17, 15) is 9.90 Å². The van der Waals surface area contributed by atoms with Crippen LogP contribution in [-0.4, -0.2) is 47.0 Å². The highest BCUT2D eigenvalue weighted by Gasteiger charge is 2.32. The largest absolute Gasteiger partial charge is 0.491 e. The van der Waals surface area contributed by atoms with Crippen molar-refractivity contribution >= 4 is 28.3 Å². The lowest BCUT2D eigenvalue weighted by atomic mass is 9.89. The molecule has 2 saturated carbocycles. The summed E-state index contributed by atoms with van der Waals surface area (Å²) in [4.78, 5) is 22.6. The first-order valence-corrected chi connectivity index (χ1v) is 12.7. The van der Waals surface area contributed by atoms with Crippen molar-refractivity contribution in [3.8, 4) is 17.2 Å². The third-order valence-electron chi connectivity index (χ3n) is 7.48. The van der Waals surface area contributed by atoms with Gasteiger partial charge in [0.25, 0.3) is 5.56 Å². The molecular formula is C27H27N7O4. The second kappa shape index (κ2) is 8.59. The van der Waals surface area contributed by atoms with Crippen molar-refractivity contribution < 1.29 is 14.6 Å². The normalized spacial score (nSPS) is 19.0. The van der Waals surface area contributed by atoms with Crippen molar-refractivity contribution in [2.45, 2.75) is 43.7 Å². The Labute approximate surface area is 217 Å². The molecule has 5 heterocycles. The lowest BCUT2D eigenvalue weighted by molar-refractivity contribution is 0.0471. The number of aryl methyl sites for hydroxylation is 1. The Balaban J connectivity index is 1.27. The molecule has 11 heteroatoms. The molecule has 0 saturated heterocycles. The number of imidazole rings is 1. The number of aliphatic hydroxyl groups excluding tert-OH is 1. The molecule has 38 heavy (non-hydrogen) atoms. The van der Waals surface area contributed by atoms with Gasteiger partial charge in [-0.25, -0.2) is 9.50 Å². The van der Waals surface area contributed by atoms with E-state index in [2.05, 4.69) is 20.4 Å². The topological polar surface area (TPSA) is 121 Å². The van der Waals surface area contributed by atoms with Gasteiger partial charge in [0.15, 0.2) is 22.9 Å². The average Bonchev–Trinajstić information content (AvgIpc) is 3.61. The van der Waals surface area contributed by atoms with Gasteiger partial charge in [-0.05, 0) is 55.4 Å². The van der Waals surface area contributed by atoms with E-state index in [4.69, 9.17) is 9.47 Å². The second-order valence-electron chi connectivity index (χ2n) is 10.0. The molecule has 0 atom stereocenters. The number of ether oxygens (including phenoxy) is 2. The van der Waals surface area contributed by atoms with Crippen LogP contribution in [-0.2, 0) is 7.05 Å². The van der Waals surface area contributed by atoms with Gasteiger partial charge in [0.2, 0.25) is 5.95 Å². The highest BCUT2D eigenvalue weighted by atomic mass is 16.5. The van der Waals surface area contributed by atoms with Gasteiger partial charge in [-0.15, -0.1) is 0 Å². The van der Waals surface area contributed by atoms with Crippen molar-refractivity contribution in [1.82, 2.24) is 28.7 Å². The third kappa shape index (κ3) is 3.69. The van der Waals surface area contributed by atoms with E-state index in [0.29, 0.717) is 58.8 Å². The number of hydrogen-bond donors (Lipinski definition) is 2. The first-order valence-electron chi connectivity index (χ1n) is 12.7. The lowest BCUT2D eigenvalue weighted by Gasteiger charge is -2.33. The van der Waals surface area contributed by atoms with Gasteiger partial charge >= 0.3 is 0 Å². The number of methoxy groups -OCH3 is 1. The van der Waals surface area contributed by atoms with Crippen molar-refractivity contribution in [2.75, 3.05) is 12.4 Å². The molecule has 0 spiro atoms. The Kier molecular flexibility index (Phi) is 5.15. The zero-order valence-corrected chi connectivity index (χ0v) is 21.0. The van der Waals surface area contributed by atoms with Crippen molar-refractivity contribution in [2.24, 2.45) is 7.05 Å². The van der Waals surface area contributed by atoms with E-state index in [-0.39, 0.29) is 17.7 Å². The fraction of sp³-hybridized carbons (Fsp3) is 0.333. The van der Waals surface area contributed by atoms with E-state index in [1.165, 1.54) is 0 Å². The molecule has 11 nitrogen and oxygen atoms in total. The fourth-order valence-corrected chi connectivity index (χ4v) is 5.14. The van der Waals surface area contributed by atoms with Gasteiger partial charge in [0.05, 0.1) is 25.6 Å². The van der Waals surface area contributed by atoms with Gasteiger partial charge in [0.1, 0.15) is 16.7 Å². The zero-order valence-electron chi connectivity index (χ0n) is 21.0. The van der Waals surface area contributed by atoms with Gasteiger partial charge in [-0.3, -0.25) is 4.79 Å². The lowest BCUT2D eigenvalue weighted by Crippen LogP contribution is -2.37. The summed E-state index contributed by atoms with van der Waals surface area (Å²) in [7, 11) is 3.41. The maximum atomic E-state index is 13.4. The maximum Gasteiger partial charge on any atom is 0.274 e. The fourth-order valence-electron chi connectivity index (χ4n) is 5.14. The SMILES string of the molecule is COc1c(Oc2cnn3ccccc23)cnc2nc(Nc3cc(C4CC4)cn(C4CC(O)C4)c3=O)n(C)c12. The number of hydrogen-bond acceptors (Lipinski definition) is 8. The van der Waals surface area contributed by atoms with Crippen LogP contribution in [0.5, 0.6) is 17.2 Å². The third-order valence-corrected chi connectivity index (χ3v) is 7.48. The molecule has 7 rings (SSSR count). The van der Waals surface area contributed by atoms with E-state index in [1.54, 1.807) is 28.6 Å². The van der Waals surface area contributed by atoms with Crippen LogP contribution in [0.15, 0.2) is 53.8 Å². The molecule has 2 N–H and O–H groups in total. The van der Waals surface area contributed by atoms with Crippen molar-refractivity contribution in [3.63, 3.8) is 0 Å². The summed E-state index contributed by atoms with van der Waals surface area (Å²) in [6.45, 7) is 0. The van der Waals surface area contributed by atoms with Crippen LogP contribution in [0.2, 0.25) is 0 Å². The minimum absolute atomic E-state index is 0.0126. The number of aliphatic hydroxyl groups is 1. The molecule has 2 aliphatic carbocycles. The van der Waals surface area contributed by atoms with Crippen LogP contribution in [0.1, 0.15) is 43.2 Å². The molecule has 2 aliphatic rings. The summed E-state index contributed by atoms with van der Waals surface area (Å²) in [5.74, 6) is 2.40. The van der Waals surface area contributed by atoms with E-state index in [0.717, 1.165) is 23.9 Å². The molecule has 0 amide bonds. The number of fused-ring (bicyclic) bond motifs is 2.